The number of carbonyl (C=O) groups excluding carboxylic acids is 2. The Hall–Kier alpha value is -4.35. The molecule has 0 aromatic heterocycles. The molecule has 3 aliphatic rings. The van der Waals surface area contributed by atoms with E-state index in [0.29, 0.717) is 37.4 Å². The number of hydrogen-bond acceptors (Lipinski definition) is 5. The van der Waals surface area contributed by atoms with Crippen LogP contribution in [0.25, 0.3) is 0 Å². The number of alkyl halides is 3. The van der Waals surface area contributed by atoms with Crippen molar-refractivity contribution in [3.05, 3.63) is 112 Å². The molecule has 2 atom stereocenters. The first-order valence-electron chi connectivity index (χ1n) is 16.4. The van der Waals surface area contributed by atoms with Crippen LogP contribution in [0.4, 0.5) is 18.9 Å². The van der Waals surface area contributed by atoms with Gasteiger partial charge in [0.15, 0.2) is 0 Å². The molecule has 12 heteroatoms. The van der Waals surface area contributed by atoms with E-state index in [0.717, 1.165) is 44.5 Å². The zero-order chi connectivity index (χ0) is 35.0. The maximum Gasteiger partial charge on any atom is 0.490 e. The number of nitrogens with one attached hydrogen (secondary N) is 2. The first kappa shape index (κ1) is 35.9. The van der Waals surface area contributed by atoms with E-state index in [-0.39, 0.29) is 23.9 Å². The van der Waals surface area contributed by atoms with Crippen LogP contribution in [-0.4, -0.2) is 65.7 Å². The van der Waals surface area contributed by atoms with Gasteiger partial charge in [-0.3, -0.25) is 9.59 Å². The number of carboxylic acid groups (broad SMARTS) is 1. The molecule has 6 rings (SSSR count). The fraction of sp³-hybridized carbons (Fsp3) is 0.378. The lowest BCUT2D eigenvalue weighted by Crippen LogP contribution is -2.50. The van der Waals surface area contributed by atoms with Gasteiger partial charge in [0.1, 0.15) is 0 Å². The molecule has 2 saturated heterocycles. The van der Waals surface area contributed by atoms with E-state index >= 15 is 0 Å². The third-order valence-corrected chi connectivity index (χ3v) is 9.30. The van der Waals surface area contributed by atoms with Crippen LogP contribution < -0.4 is 15.5 Å². The fourth-order valence-electron chi connectivity index (χ4n) is 6.46. The number of rotatable bonds is 8. The molecule has 260 valence electrons. The number of nitrogens with zero attached hydrogens (tertiary/aromatic N) is 2. The molecule has 3 aromatic carbocycles. The minimum absolute atomic E-state index is 0.0446. The maximum atomic E-state index is 13.5. The number of carbonyl (C=O) groups is 3. The van der Waals surface area contributed by atoms with E-state index in [1.54, 1.807) is 0 Å². The standard InChI is InChI=1S/C35H39ClN4O2.C2HF3O2/c36-30-13-11-25(12-14-30)20-31(38-35(42)32-22-27-6-1-2-7-28(27)23-37-32)21-26-15-18-39(19-16-26)33-9-4-3-8-29(33)24-40-17-5-10-34(40)41;3-2(4,5)1(6)7/h1-4,6-9,11-14,21,31-32,37H,5,10,15-20,22-24H2,(H,38,42);(H,6,7)/t31-,32+;/m0./s1. The molecule has 0 spiro atoms. The summed E-state index contributed by atoms with van der Waals surface area (Å²) >= 11 is 6.15. The lowest BCUT2D eigenvalue weighted by molar-refractivity contribution is -0.192. The van der Waals surface area contributed by atoms with Gasteiger partial charge in [-0.05, 0) is 72.6 Å². The highest BCUT2D eigenvalue weighted by Crippen LogP contribution is 2.29. The number of hydrogen-bond donors (Lipinski definition) is 3. The molecule has 8 nitrogen and oxygen atoms in total. The average Bonchev–Trinajstić information content (AvgIpc) is 3.49. The zero-order valence-corrected chi connectivity index (χ0v) is 27.8. The van der Waals surface area contributed by atoms with E-state index in [1.807, 2.05) is 41.3 Å². The second kappa shape index (κ2) is 16.4. The van der Waals surface area contributed by atoms with Crippen molar-refractivity contribution in [2.24, 2.45) is 0 Å². The van der Waals surface area contributed by atoms with Gasteiger partial charge in [0.25, 0.3) is 0 Å². The van der Waals surface area contributed by atoms with E-state index in [1.165, 1.54) is 28.0 Å². The number of likely N-dealkylation sites (tertiary alicyclic amines) is 1. The van der Waals surface area contributed by atoms with Gasteiger partial charge in [-0.15, -0.1) is 0 Å². The van der Waals surface area contributed by atoms with Crippen LogP contribution in [-0.2, 0) is 40.3 Å². The summed E-state index contributed by atoms with van der Waals surface area (Å²) in [5.74, 6) is -2.45. The van der Waals surface area contributed by atoms with Crippen molar-refractivity contribution in [2.45, 2.75) is 69.9 Å². The van der Waals surface area contributed by atoms with Crippen molar-refractivity contribution in [2.75, 3.05) is 24.5 Å². The van der Waals surface area contributed by atoms with Gasteiger partial charge in [-0.1, -0.05) is 77.8 Å². The van der Waals surface area contributed by atoms with Crippen LogP contribution in [0.3, 0.4) is 0 Å². The third kappa shape index (κ3) is 10.1. The van der Waals surface area contributed by atoms with Gasteiger partial charge < -0.3 is 25.5 Å². The molecule has 3 aliphatic heterocycles. The number of piperidine rings is 1. The van der Waals surface area contributed by atoms with Gasteiger partial charge in [0.05, 0.1) is 12.1 Å². The van der Waals surface area contributed by atoms with Crippen molar-refractivity contribution < 1.29 is 32.7 Å². The Balaban J connectivity index is 0.000000606. The number of fused-ring (bicyclic) bond motifs is 1. The molecule has 0 unspecified atom stereocenters. The van der Waals surface area contributed by atoms with Crippen LogP contribution in [0.1, 0.15) is 47.9 Å². The predicted octanol–water partition coefficient (Wildman–Crippen LogP) is 6.06. The molecule has 2 amide bonds. The maximum absolute atomic E-state index is 13.5. The van der Waals surface area contributed by atoms with Gasteiger partial charge in [-0.2, -0.15) is 13.2 Å². The topological polar surface area (TPSA) is 102 Å². The lowest BCUT2D eigenvalue weighted by Gasteiger charge is -2.33. The van der Waals surface area contributed by atoms with Gasteiger partial charge in [0.2, 0.25) is 11.8 Å². The van der Waals surface area contributed by atoms with Crippen molar-refractivity contribution in [3.63, 3.8) is 0 Å². The normalized spacial score (nSPS) is 18.2. The summed E-state index contributed by atoms with van der Waals surface area (Å²) in [6, 6.07) is 24.4. The van der Waals surface area contributed by atoms with Crippen molar-refractivity contribution in [3.8, 4) is 0 Å². The Morgan fingerprint density at radius 1 is 0.959 bits per heavy atom. The highest BCUT2D eigenvalue weighted by molar-refractivity contribution is 6.30. The van der Waals surface area contributed by atoms with Crippen molar-refractivity contribution in [1.82, 2.24) is 15.5 Å². The Labute approximate surface area is 288 Å². The quantitative estimate of drug-likeness (QED) is 0.248. The summed E-state index contributed by atoms with van der Waals surface area (Å²) in [4.78, 5) is 39.1. The molecular weight excluding hydrogens is 657 g/mol. The van der Waals surface area contributed by atoms with Crippen LogP contribution in [0.15, 0.2) is 84.4 Å². The Bertz CT molecular complexity index is 1650. The lowest BCUT2D eigenvalue weighted by atomic mass is 9.94. The number of aliphatic carboxylic acids is 1. The summed E-state index contributed by atoms with van der Waals surface area (Å²) in [5.41, 5.74) is 7.47. The van der Waals surface area contributed by atoms with Gasteiger partial charge >= 0.3 is 12.1 Å². The van der Waals surface area contributed by atoms with E-state index in [9.17, 15) is 22.8 Å². The summed E-state index contributed by atoms with van der Waals surface area (Å²) in [6.45, 7) is 4.08. The van der Waals surface area contributed by atoms with Crippen molar-refractivity contribution in [1.29, 1.82) is 0 Å². The largest absolute Gasteiger partial charge is 0.490 e. The summed E-state index contributed by atoms with van der Waals surface area (Å²) in [7, 11) is 0. The number of amides is 2. The number of benzene rings is 3. The van der Waals surface area contributed by atoms with Gasteiger partial charge in [-0.25, -0.2) is 4.79 Å². The van der Waals surface area contributed by atoms with E-state index in [4.69, 9.17) is 21.5 Å². The highest BCUT2D eigenvalue weighted by Gasteiger charge is 2.38. The zero-order valence-electron chi connectivity index (χ0n) is 27.0. The van der Waals surface area contributed by atoms with Crippen LogP contribution >= 0.6 is 11.6 Å². The molecule has 0 saturated carbocycles. The molecule has 0 bridgehead atoms. The van der Waals surface area contributed by atoms with Crippen LogP contribution in [0.2, 0.25) is 5.02 Å². The van der Waals surface area contributed by atoms with Crippen LogP contribution in [0, 0.1) is 0 Å². The van der Waals surface area contributed by atoms with Crippen LogP contribution in [0.5, 0.6) is 0 Å². The monoisotopic (exact) mass is 696 g/mol. The number of halogens is 4. The summed E-state index contributed by atoms with van der Waals surface area (Å²) < 4.78 is 31.7. The molecule has 3 N–H and O–H groups in total. The molecular formula is C37H40ClF3N4O4. The first-order chi connectivity index (χ1) is 23.5. The fourth-order valence-corrected chi connectivity index (χ4v) is 6.59. The predicted molar refractivity (Wildman–Crippen MR) is 182 cm³/mol. The molecule has 2 fully saturated rings. The molecule has 0 radical (unpaired) electrons. The number of para-hydroxylation sites is 1. The smallest absolute Gasteiger partial charge is 0.475 e. The SMILES string of the molecule is O=C(N[C@H](C=C1CCN(c2ccccc2CN2CCCC2=O)CC1)Cc1ccc(Cl)cc1)[C@H]1Cc2ccccc2CN1.O=C(O)C(F)(F)F. The average molecular weight is 697 g/mol. The number of anilines is 1. The molecule has 0 aliphatic carbocycles. The van der Waals surface area contributed by atoms with E-state index < -0.39 is 12.1 Å². The first-order valence-corrected chi connectivity index (χ1v) is 16.8. The Kier molecular flexibility index (Phi) is 12.0. The Morgan fingerprint density at radius 3 is 2.27 bits per heavy atom. The third-order valence-electron chi connectivity index (χ3n) is 9.04. The summed E-state index contributed by atoms with van der Waals surface area (Å²) in [6.07, 6.45) is 2.12. The minimum atomic E-state index is -5.08. The molecule has 3 aromatic rings. The minimum Gasteiger partial charge on any atom is -0.475 e. The highest BCUT2D eigenvalue weighted by atomic mass is 35.5. The number of carboxylic acids is 1. The second-order valence-corrected chi connectivity index (χ2v) is 13.0. The molecule has 49 heavy (non-hydrogen) atoms. The van der Waals surface area contributed by atoms with Gasteiger partial charge in [0, 0.05) is 49.9 Å². The second-order valence-electron chi connectivity index (χ2n) is 12.5. The van der Waals surface area contributed by atoms with E-state index in [2.05, 4.69) is 58.0 Å². The Morgan fingerprint density at radius 2 is 1.61 bits per heavy atom. The summed E-state index contributed by atoms with van der Waals surface area (Å²) in [5, 5.41) is 14.6. The van der Waals surface area contributed by atoms with Crippen molar-refractivity contribution >= 4 is 35.1 Å². The molecule has 3 heterocycles.